The van der Waals surface area contributed by atoms with Crippen LogP contribution in [0.5, 0.6) is 0 Å². The molecule has 0 fully saturated rings. The molecule has 134 valence electrons. The molecule has 1 heterocycles. The molecule has 1 amide bonds. The molecule has 0 bridgehead atoms. The lowest BCUT2D eigenvalue weighted by Gasteiger charge is -2.24. The number of halogens is 2. The summed E-state index contributed by atoms with van der Waals surface area (Å²) in [7, 11) is 0. The van der Waals surface area contributed by atoms with Gasteiger partial charge in [0.05, 0.1) is 18.2 Å². The maximum absolute atomic E-state index is 13.3. The van der Waals surface area contributed by atoms with Crippen LogP contribution in [0.2, 0.25) is 10.0 Å². The molecule has 0 atom stereocenters. The van der Waals surface area contributed by atoms with Crippen LogP contribution >= 0.6 is 23.2 Å². The van der Waals surface area contributed by atoms with Crippen LogP contribution in [0.15, 0.2) is 60.9 Å². The second-order valence-corrected chi connectivity index (χ2v) is 6.85. The van der Waals surface area contributed by atoms with Gasteiger partial charge < -0.3 is 4.90 Å². The molecule has 0 spiro atoms. The Hall–Kier alpha value is -2.87. The van der Waals surface area contributed by atoms with E-state index in [9.17, 15) is 10.1 Å². The molecular weight excluding hydrogens is 381 g/mol. The van der Waals surface area contributed by atoms with E-state index in [1.54, 1.807) is 53.7 Å². The normalized spacial score (nSPS) is 10.3. The third kappa shape index (κ3) is 4.28. The standard InChI is InChI=1S/C21H15Cl2N3O/c1-14-12-25-7-6-20(14)21(27)26(19-9-17(22)8-18(23)10-19)13-16-5-3-2-4-15(16)11-24/h2-10,12H,13H2,1H3. The van der Waals surface area contributed by atoms with Gasteiger partial charge in [0, 0.05) is 33.7 Å². The van der Waals surface area contributed by atoms with Gasteiger partial charge in [0.25, 0.3) is 5.91 Å². The summed E-state index contributed by atoms with van der Waals surface area (Å²) in [6.45, 7) is 2.04. The minimum absolute atomic E-state index is 0.209. The molecule has 0 unspecified atom stereocenters. The van der Waals surface area contributed by atoms with E-state index in [-0.39, 0.29) is 12.5 Å². The van der Waals surface area contributed by atoms with Crippen molar-refractivity contribution in [2.45, 2.75) is 13.5 Å². The molecule has 4 nitrogen and oxygen atoms in total. The number of nitriles is 1. The second-order valence-electron chi connectivity index (χ2n) is 5.98. The van der Waals surface area contributed by atoms with Crippen molar-refractivity contribution in [2.75, 3.05) is 4.90 Å². The number of pyridine rings is 1. The lowest BCUT2D eigenvalue weighted by atomic mass is 10.1. The fourth-order valence-electron chi connectivity index (χ4n) is 2.77. The Balaban J connectivity index is 2.10. The Morgan fingerprint density at radius 3 is 2.52 bits per heavy atom. The number of amides is 1. The molecule has 0 saturated carbocycles. The summed E-state index contributed by atoms with van der Waals surface area (Å²) in [6, 6.07) is 16.0. The van der Waals surface area contributed by atoms with Gasteiger partial charge in [0.15, 0.2) is 0 Å². The summed E-state index contributed by atoms with van der Waals surface area (Å²) in [5.74, 6) is -0.221. The van der Waals surface area contributed by atoms with Gasteiger partial charge in [-0.25, -0.2) is 0 Å². The minimum atomic E-state index is -0.221. The zero-order valence-corrected chi connectivity index (χ0v) is 16.0. The number of anilines is 1. The topological polar surface area (TPSA) is 57.0 Å². The van der Waals surface area contributed by atoms with Gasteiger partial charge in [-0.15, -0.1) is 0 Å². The first-order valence-corrected chi connectivity index (χ1v) is 8.92. The molecule has 0 radical (unpaired) electrons. The minimum Gasteiger partial charge on any atom is -0.304 e. The quantitative estimate of drug-likeness (QED) is 0.592. The van der Waals surface area contributed by atoms with Gasteiger partial charge >= 0.3 is 0 Å². The predicted octanol–water partition coefficient (Wildman–Crippen LogP) is 5.42. The van der Waals surface area contributed by atoms with E-state index in [0.717, 1.165) is 11.1 Å². The van der Waals surface area contributed by atoms with Gasteiger partial charge in [0.1, 0.15) is 0 Å². The molecule has 3 rings (SSSR count). The molecule has 27 heavy (non-hydrogen) atoms. The van der Waals surface area contributed by atoms with Crippen LogP contribution in [-0.2, 0) is 6.54 Å². The second kappa shape index (κ2) is 8.22. The lowest BCUT2D eigenvalue weighted by Crippen LogP contribution is -2.31. The van der Waals surface area contributed by atoms with Crippen molar-refractivity contribution in [3.8, 4) is 6.07 Å². The number of hydrogen-bond acceptors (Lipinski definition) is 3. The molecule has 0 saturated heterocycles. The number of aromatic nitrogens is 1. The van der Waals surface area contributed by atoms with Crippen molar-refractivity contribution >= 4 is 34.8 Å². The Morgan fingerprint density at radius 1 is 1.15 bits per heavy atom. The number of benzene rings is 2. The molecule has 0 N–H and O–H groups in total. The van der Waals surface area contributed by atoms with E-state index < -0.39 is 0 Å². The first-order valence-electron chi connectivity index (χ1n) is 8.16. The van der Waals surface area contributed by atoms with Crippen molar-refractivity contribution < 1.29 is 4.79 Å². The van der Waals surface area contributed by atoms with Crippen LogP contribution in [0.1, 0.15) is 27.0 Å². The number of nitrogens with zero attached hydrogens (tertiary/aromatic N) is 3. The van der Waals surface area contributed by atoms with Crippen molar-refractivity contribution in [1.82, 2.24) is 4.98 Å². The first kappa shape index (κ1) is 18.9. The third-order valence-corrected chi connectivity index (χ3v) is 4.56. The Labute approximate surface area is 167 Å². The highest BCUT2D eigenvalue weighted by molar-refractivity contribution is 6.35. The smallest absolute Gasteiger partial charge is 0.258 e. The molecule has 2 aromatic carbocycles. The average molecular weight is 396 g/mol. The Kier molecular flexibility index (Phi) is 5.75. The largest absolute Gasteiger partial charge is 0.304 e. The summed E-state index contributed by atoms with van der Waals surface area (Å²) in [5, 5.41) is 10.2. The van der Waals surface area contributed by atoms with Crippen LogP contribution in [0, 0.1) is 18.3 Å². The van der Waals surface area contributed by atoms with Crippen molar-refractivity contribution in [3.05, 3.63) is 93.2 Å². The molecule has 0 aliphatic carbocycles. The highest BCUT2D eigenvalue weighted by atomic mass is 35.5. The maximum Gasteiger partial charge on any atom is 0.258 e. The molecule has 0 aliphatic heterocycles. The van der Waals surface area contributed by atoms with Gasteiger partial charge in [-0.3, -0.25) is 9.78 Å². The monoisotopic (exact) mass is 395 g/mol. The molecular formula is C21H15Cl2N3O. The van der Waals surface area contributed by atoms with E-state index in [4.69, 9.17) is 23.2 Å². The molecule has 3 aromatic rings. The van der Waals surface area contributed by atoms with Crippen LogP contribution in [0.3, 0.4) is 0 Å². The van der Waals surface area contributed by atoms with Crippen molar-refractivity contribution in [2.24, 2.45) is 0 Å². The molecule has 0 aliphatic rings. The number of carbonyl (C=O) groups excluding carboxylic acids is 1. The van der Waals surface area contributed by atoms with Crippen LogP contribution in [0.25, 0.3) is 0 Å². The fraction of sp³-hybridized carbons (Fsp3) is 0.0952. The first-order chi connectivity index (χ1) is 13.0. The van der Waals surface area contributed by atoms with Crippen molar-refractivity contribution in [1.29, 1.82) is 5.26 Å². The summed E-state index contributed by atoms with van der Waals surface area (Å²) in [6.07, 6.45) is 3.21. The number of carbonyl (C=O) groups is 1. The van der Waals surface area contributed by atoms with E-state index in [0.29, 0.717) is 26.9 Å². The zero-order valence-electron chi connectivity index (χ0n) is 14.5. The lowest BCUT2D eigenvalue weighted by molar-refractivity contribution is 0.0984. The van der Waals surface area contributed by atoms with E-state index in [1.807, 2.05) is 19.1 Å². The van der Waals surface area contributed by atoms with Gasteiger partial charge in [-0.05, 0) is 48.4 Å². The van der Waals surface area contributed by atoms with Crippen LogP contribution in [0.4, 0.5) is 5.69 Å². The Bertz CT molecular complexity index is 1020. The third-order valence-electron chi connectivity index (χ3n) is 4.12. The maximum atomic E-state index is 13.3. The van der Waals surface area contributed by atoms with E-state index in [1.165, 1.54) is 0 Å². The number of hydrogen-bond donors (Lipinski definition) is 0. The van der Waals surface area contributed by atoms with Gasteiger partial charge in [0.2, 0.25) is 0 Å². The SMILES string of the molecule is Cc1cnccc1C(=O)N(Cc1ccccc1C#N)c1cc(Cl)cc(Cl)c1. The highest BCUT2D eigenvalue weighted by Crippen LogP contribution is 2.29. The zero-order chi connectivity index (χ0) is 19.4. The van der Waals surface area contributed by atoms with E-state index >= 15 is 0 Å². The average Bonchev–Trinajstić information content (AvgIpc) is 2.65. The van der Waals surface area contributed by atoms with Gasteiger partial charge in [-0.1, -0.05) is 41.4 Å². The highest BCUT2D eigenvalue weighted by Gasteiger charge is 2.21. The van der Waals surface area contributed by atoms with Crippen LogP contribution < -0.4 is 4.90 Å². The number of aryl methyl sites for hydroxylation is 1. The summed E-state index contributed by atoms with van der Waals surface area (Å²) in [4.78, 5) is 18.9. The van der Waals surface area contributed by atoms with Gasteiger partial charge in [-0.2, -0.15) is 5.26 Å². The van der Waals surface area contributed by atoms with Crippen LogP contribution in [-0.4, -0.2) is 10.9 Å². The van der Waals surface area contributed by atoms with E-state index in [2.05, 4.69) is 11.1 Å². The predicted molar refractivity (Wildman–Crippen MR) is 107 cm³/mol. The number of rotatable bonds is 4. The fourth-order valence-corrected chi connectivity index (χ4v) is 3.29. The summed E-state index contributed by atoms with van der Waals surface area (Å²) in [5.41, 5.74) is 3.08. The Morgan fingerprint density at radius 2 is 1.85 bits per heavy atom. The molecule has 1 aromatic heterocycles. The van der Waals surface area contributed by atoms with Crippen molar-refractivity contribution in [3.63, 3.8) is 0 Å². The molecule has 6 heteroatoms. The summed E-state index contributed by atoms with van der Waals surface area (Å²) < 4.78 is 0. The summed E-state index contributed by atoms with van der Waals surface area (Å²) >= 11 is 12.3.